The van der Waals surface area contributed by atoms with E-state index >= 15 is 0 Å². The van der Waals surface area contributed by atoms with Crippen LogP contribution in [0.15, 0.2) is 18.2 Å². The SMILES string of the molecule is COc1ccc(CC(=O)C2COCCO2)cc1F. The molecule has 0 radical (unpaired) electrons. The summed E-state index contributed by atoms with van der Waals surface area (Å²) >= 11 is 0. The number of Topliss-reactive ketones (excluding diaryl/α,β-unsaturated/α-hetero) is 1. The second-order valence-electron chi connectivity index (χ2n) is 4.05. The van der Waals surface area contributed by atoms with Crippen molar-refractivity contribution in [2.24, 2.45) is 0 Å². The molecule has 1 aliphatic heterocycles. The average molecular weight is 254 g/mol. The molecule has 98 valence electrons. The molecule has 1 aliphatic rings. The summed E-state index contributed by atoms with van der Waals surface area (Å²) in [7, 11) is 1.40. The number of methoxy groups -OCH3 is 1. The Bertz CT molecular complexity index is 427. The Balaban J connectivity index is 2.00. The second kappa shape index (κ2) is 5.93. The molecule has 0 amide bonds. The quantitative estimate of drug-likeness (QED) is 0.814. The Labute approximate surface area is 105 Å². The maximum Gasteiger partial charge on any atom is 0.168 e. The third kappa shape index (κ3) is 3.05. The van der Waals surface area contributed by atoms with Crippen molar-refractivity contribution >= 4 is 5.78 Å². The molecule has 0 bridgehead atoms. The van der Waals surface area contributed by atoms with Gasteiger partial charge < -0.3 is 14.2 Å². The minimum absolute atomic E-state index is 0.0979. The van der Waals surface area contributed by atoms with Crippen molar-refractivity contribution in [2.45, 2.75) is 12.5 Å². The van der Waals surface area contributed by atoms with Gasteiger partial charge >= 0.3 is 0 Å². The van der Waals surface area contributed by atoms with E-state index in [0.717, 1.165) is 0 Å². The molecular weight excluding hydrogens is 239 g/mol. The summed E-state index contributed by atoms with van der Waals surface area (Å²) in [5.41, 5.74) is 0.604. The van der Waals surface area contributed by atoms with E-state index in [1.165, 1.54) is 19.2 Å². The van der Waals surface area contributed by atoms with Gasteiger partial charge in [-0.1, -0.05) is 6.07 Å². The van der Waals surface area contributed by atoms with Crippen LogP contribution in [0.5, 0.6) is 5.75 Å². The molecule has 1 saturated heterocycles. The van der Waals surface area contributed by atoms with Crippen LogP contribution >= 0.6 is 0 Å². The van der Waals surface area contributed by atoms with Crippen LogP contribution in [0.1, 0.15) is 5.56 Å². The van der Waals surface area contributed by atoms with Crippen LogP contribution in [-0.4, -0.2) is 38.8 Å². The highest BCUT2D eigenvalue weighted by Gasteiger charge is 2.22. The van der Waals surface area contributed by atoms with Gasteiger partial charge in [0.2, 0.25) is 0 Å². The number of halogens is 1. The largest absolute Gasteiger partial charge is 0.494 e. The molecule has 2 rings (SSSR count). The van der Waals surface area contributed by atoms with Crippen molar-refractivity contribution in [1.82, 2.24) is 0 Å². The minimum Gasteiger partial charge on any atom is -0.494 e. The number of carbonyl (C=O) groups is 1. The molecule has 1 aromatic rings. The molecule has 0 saturated carbocycles. The zero-order chi connectivity index (χ0) is 13.0. The van der Waals surface area contributed by atoms with Gasteiger partial charge in [0.15, 0.2) is 17.3 Å². The first-order valence-corrected chi connectivity index (χ1v) is 5.75. The molecule has 1 fully saturated rings. The van der Waals surface area contributed by atoms with Gasteiger partial charge in [0, 0.05) is 6.42 Å². The van der Waals surface area contributed by atoms with E-state index in [-0.39, 0.29) is 24.6 Å². The van der Waals surface area contributed by atoms with E-state index in [4.69, 9.17) is 14.2 Å². The Hall–Kier alpha value is -1.46. The number of ether oxygens (including phenoxy) is 3. The highest BCUT2D eigenvalue weighted by Crippen LogP contribution is 2.18. The molecule has 1 heterocycles. The third-order valence-corrected chi connectivity index (χ3v) is 2.77. The van der Waals surface area contributed by atoms with Gasteiger partial charge in [0.1, 0.15) is 6.10 Å². The van der Waals surface area contributed by atoms with Crippen molar-refractivity contribution in [2.75, 3.05) is 26.9 Å². The number of carbonyl (C=O) groups excluding carboxylic acids is 1. The van der Waals surface area contributed by atoms with Gasteiger partial charge in [0.25, 0.3) is 0 Å². The minimum atomic E-state index is -0.538. The fourth-order valence-electron chi connectivity index (χ4n) is 1.81. The van der Waals surface area contributed by atoms with Gasteiger partial charge in [-0.3, -0.25) is 4.79 Å². The Morgan fingerprint density at radius 2 is 2.33 bits per heavy atom. The maximum absolute atomic E-state index is 13.5. The Kier molecular flexibility index (Phi) is 4.28. The summed E-state index contributed by atoms with van der Waals surface area (Å²) in [6.07, 6.45) is -0.404. The number of rotatable bonds is 4. The number of hydrogen-bond donors (Lipinski definition) is 0. The van der Waals surface area contributed by atoms with E-state index in [9.17, 15) is 9.18 Å². The summed E-state index contributed by atoms with van der Waals surface area (Å²) in [5.74, 6) is -0.397. The summed E-state index contributed by atoms with van der Waals surface area (Å²) in [5, 5.41) is 0. The summed E-state index contributed by atoms with van der Waals surface area (Å²) < 4.78 is 28.7. The molecule has 4 nitrogen and oxygen atoms in total. The van der Waals surface area contributed by atoms with Crippen LogP contribution in [0.2, 0.25) is 0 Å². The first-order chi connectivity index (χ1) is 8.70. The topological polar surface area (TPSA) is 44.8 Å². The van der Waals surface area contributed by atoms with Crippen molar-refractivity contribution < 1.29 is 23.4 Å². The second-order valence-corrected chi connectivity index (χ2v) is 4.05. The van der Waals surface area contributed by atoms with Crippen LogP contribution in [-0.2, 0) is 20.7 Å². The van der Waals surface area contributed by atoms with Crippen LogP contribution in [0.25, 0.3) is 0 Å². The lowest BCUT2D eigenvalue weighted by Gasteiger charge is -2.21. The first kappa shape index (κ1) is 13.0. The molecule has 1 unspecified atom stereocenters. The van der Waals surface area contributed by atoms with Gasteiger partial charge in [-0.15, -0.1) is 0 Å². The van der Waals surface area contributed by atoms with Crippen molar-refractivity contribution in [3.63, 3.8) is 0 Å². The zero-order valence-electron chi connectivity index (χ0n) is 10.1. The summed E-state index contributed by atoms with van der Waals surface area (Å²) in [4.78, 5) is 11.9. The number of hydrogen-bond acceptors (Lipinski definition) is 4. The van der Waals surface area contributed by atoms with Gasteiger partial charge in [0.05, 0.1) is 26.9 Å². The van der Waals surface area contributed by atoms with Crippen LogP contribution in [0, 0.1) is 5.82 Å². The average Bonchev–Trinajstić information content (AvgIpc) is 2.40. The maximum atomic E-state index is 13.5. The molecule has 1 atom stereocenters. The van der Waals surface area contributed by atoms with Crippen LogP contribution < -0.4 is 4.74 Å². The molecule has 0 spiro atoms. The molecule has 18 heavy (non-hydrogen) atoms. The van der Waals surface area contributed by atoms with Crippen molar-refractivity contribution in [3.05, 3.63) is 29.6 Å². The highest BCUT2D eigenvalue weighted by molar-refractivity contribution is 5.85. The van der Waals surface area contributed by atoms with E-state index < -0.39 is 11.9 Å². The smallest absolute Gasteiger partial charge is 0.168 e. The fraction of sp³-hybridized carbons (Fsp3) is 0.462. The molecule has 0 N–H and O–H groups in total. The normalized spacial score (nSPS) is 19.6. The Morgan fingerprint density at radius 3 is 2.94 bits per heavy atom. The number of benzene rings is 1. The van der Waals surface area contributed by atoms with Crippen molar-refractivity contribution in [3.8, 4) is 5.75 Å². The predicted octanol–water partition coefficient (Wildman–Crippen LogP) is 1.36. The summed E-state index contributed by atoms with van der Waals surface area (Å²) in [6, 6.07) is 4.49. The van der Waals surface area contributed by atoms with E-state index in [1.54, 1.807) is 6.07 Å². The van der Waals surface area contributed by atoms with Crippen molar-refractivity contribution in [1.29, 1.82) is 0 Å². The van der Waals surface area contributed by atoms with Crippen LogP contribution in [0.3, 0.4) is 0 Å². The monoisotopic (exact) mass is 254 g/mol. The van der Waals surface area contributed by atoms with E-state index in [2.05, 4.69) is 0 Å². The standard InChI is InChI=1S/C13H15FO4/c1-16-12-3-2-9(6-10(12)14)7-11(15)13-8-17-4-5-18-13/h2-3,6,13H,4-5,7-8H2,1H3. The third-order valence-electron chi connectivity index (χ3n) is 2.77. The molecule has 1 aromatic carbocycles. The van der Waals surface area contributed by atoms with E-state index in [1.807, 2.05) is 0 Å². The molecular formula is C13H15FO4. The van der Waals surface area contributed by atoms with E-state index in [0.29, 0.717) is 18.8 Å². The first-order valence-electron chi connectivity index (χ1n) is 5.75. The van der Waals surface area contributed by atoms with Gasteiger partial charge in [-0.25, -0.2) is 4.39 Å². The molecule has 0 aromatic heterocycles. The molecule has 5 heteroatoms. The zero-order valence-corrected chi connectivity index (χ0v) is 10.1. The fourth-order valence-corrected chi connectivity index (χ4v) is 1.81. The summed E-state index contributed by atoms with van der Waals surface area (Å²) in [6.45, 7) is 1.21. The number of ketones is 1. The van der Waals surface area contributed by atoms with Gasteiger partial charge in [-0.05, 0) is 17.7 Å². The highest BCUT2D eigenvalue weighted by atomic mass is 19.1. The molecule has 0 aliphatic carbocycles. The lowest BCUT2D eigenvalue weighted by molar-refractivity contribution is -0.144. The lowest BCUT2D eigenvalue weighted by atomic mass is 10.0. The predicted molar refractivity (Wildman–Crippen MR) is 62.2 cm³/mol. The van der Waals surface area contributed by atoms with Gasteiger partial charge in [-0.2, -0.15) is 0 Å². The lowest BCUT2D eigenvalue weighted by Crippen LogP contribution is -2.36. The Morgan fingerprint density at radius 1 is 1.50 bits per heavy atom. The van der Waals surface area contributed by atoms with Crippen LogP contribution in [0.4, 0.5) is 4.39 Å².